The van der Waals surface area contributed by atoms with E-state index in [9.17, 15) is 0 Å². The number of rotatable bonds is 4. The van der Waals surface area contributed by atoms with E-state index in [1.165, 1.54) is 11.9 Å². The van der Waals surface area contributed by atoms with Gasteiger partial charge < -0.3 is 10.5 Å². The number of fused-ring (bicyclic) bond motifs is 1. The van der Waals surface area contributed by atoms with Gasteiger partial charge in [-0.25, -0.2) is 15.0 Å². The van der Waals surface area contributed by atoms with Crippen LogP contribution in [0.2, 0.25) is 0 Å². The number of nitrogens with zero attached hydrogens (tertiary/aromatic N) is 3. The molecular weight excluding hydrogens is 384 g/mol. The highest BCUT2D eigenvalue weighted by Crippen LogP contribution is 2.35. The highest BCUT2D eigenvalue weighted by atomic mass is 16.5. The zero-order valence-electron chi connectivity index (χ0n) is 17.0. The maximum Gasteiger partial charge on any atom is 0.165 e. The predicted octanol–water partition coefficient (Wildman–Crippen LogP) is 6.04. The first kappa shape index (κ1) is 18.8. The van der Waals surface area contributed by atoms with Gasteiger partial charge >= 0.3 is 0 Å². The number of nitrogens with two attached hydrogens (primary N) is 1. The molecule has 5 aromatic rings. The zero-order valence-corrected chi connectivity index (χ0v) is 17.0. The van der Waals surface area contributed by atoms with Crippen molar-refractivity contribution in [2.24, 2.45) is 0 Å². The molecule has 0 saturated carbocycles. The predicted molar refractivity (Wildman–Crippen MR) is 124 cm³/mol. The number of para-hydroxylation sites is 1. The van der Waals surface area contributed by atoms with Gasteiger partial charge in [0.25, 0.3) is 0 Å². The molecule has 0 amide bonds. The molecule has 2 heterocycles. The maximum absolute atomic E-state index is 6.10. The largest absolute Gasteiger partial charge is 0.457 e. The minimum atomic E-state index is 0.420. The van der Waals surface area contributed by atoms with Crippen LogP contribution < -0.4 is 10.5 Å². The lowest BCUT2D eigenvalue weighted by molar-refractivity contribution is 0.483. The Morgan fingerprint density at radius 2 is 1.42 bits per heavy atom. The van der Waals surface area contributed by atoms with Crippen LogP contribution in [-0.4, -0.2) is 15.0 Å². The van der Waals surface area contributed by atoms with E-state index in [1.54, 1.807) is 0 Å². The first-order valence-corrected chi connectivity index (χ1v) is 9.99. The van der Waals surface area contributed by atoms with Crippen molar-refractivity contribution < 1.29 is 4.74 Å². The minimum Gasteiger partial charge on any atom is -0.457 e. The van der Waals surface area contributed by atoms with Crippen molar-refractivity contribution in [2.75, 3.05) is 5.73 Å². The topological polar surface area (TPSA) is 73.9 Å². The van der Waals surface area contributed by atoms with E-state index in [-0.39, 0.29) is 0 Å². The van der Waals surface area contributed by atoms with Gasteiger partial charge in [0.1, 0.15) is 23.6 Å². The standard InChI is InChI=1S/C26H20N4O/c1-17-7-9-18(10-8-17)22-15-23-25(27)28-16-29-26(23)30-24(22)19-11-13-21(14-12-19)31-20-5-3-2-4-6-20/h2-16H,1H3,(H2,27,28,29,30). The summed E-state index contributed by atoms with van der Waals surface area (Å²) in [6.07, 6.45) is 1.44. The Morgan fingerprint density at radius 1 is 0.742 bits per heavy atom. The summed E-state index contributed by atoms with van der Waals surface area (Å²) >= 11 is 0. The number of hydrogen-bond donors (Lipinski definition) is 1. The maximum atomic E-state index is 6.10. The molecule has 0 aliphatic rings. The summed E-state index contributed by atoms with van der Waals surface area (Å²) in [4.78, 5) is 13.3. The first-order valence-electron chi connectivity index (χ1n) is 9.99. The Labute approximate surface area is 180 Å². The molecule has 0 spiro atoms. The van der Waals surface area contributed by atoms with E-state index in [0.717, 1.165) is 39.3 Å². The van der Waals surface area contributed by atoms with Crippen molar-refractivity contribution >= 4 is 16.9 Å². The summed E-state index contributed by atoms with van der Waals surface area (Å²) in [6.45, 7) is 2.07. The van der Waals surface area contributed by atoms with Crippen LogP contribution >= 0.6 is 0 Å². The molecule has 0 radical (unpaired) electrons. The summed E-state index contributed by atoms with van der Waals surface area (Å²) in [7, 11) is 0. The van der Waals surface area contributed by atoms with Crippen LogP contribution in [0.4, 0.5) is 5.82 Å². The number of benzene rings is 3. The van der Waals surface area contributed by atoms with Crippen molar-refractivity contribution in [2.45, 2.75) is 6.92 Å². The van der Waals surface area contributed by atoms with Crippen LogP contribution in [0.1, 0.15) is 5.56 Å². The fourth-order valence-corrected chi connectivity index (χ4v) is 3.48. The van der Waals surface area contributed by atoms with Crippen LogP contribution in [0.3, 0.4) is 0 Å². The quantitative estimate of drug-likeness (QED) is 0.395. The molecule has 150 valence electrons. The molecule has 5 rings (SSSR count). The second-order valence-corrected chi connectivity index (χ2v) is 7.32. The third-order valence-corrected chi connectivity index (χ3v) is 5.12. The molecule has 3 aromatic carbocycles. The second-order valence-electron chi connectivity index (χ2n) is 7.32. The number of aryl methyl sites for hydroxylation is 1. The van der Waals surface area contributed by atoms with Crippen LogP contribution in [0.25, 0.3) is 33.4 Å². The molecule has 31 heavy (non-hydrogen) atoms. The molecule has 5 heteroatoms. The molecule has 5 nitrogen and oxygen atoms in total. The summed E-state index contributed by atoms with van der Waals surface area (Å²) in [5, 5.41) is 0.742. The normalized spacial score (nSPS) is 10.9. The number of aromatic nitrogens is 3. The van der Waals surface area contributed by atoms with Crippen molar-refractivity contribution in [3.63, 3.8) is 0 Å². The van der Waals surface area contributed by atoms with Gasteiger partial charge in [0.05, 0.1) is 11.1 Å². The van der Waals surface area contributed by atoms with Crippen LogP contribution in [0.5, 0.6) is 11.5 Å². The van der Waals surface area contributed by atoms with E-state index < -0.39 is 0 Å². The molecular formula is C26H20N4O. The summed E-state index contributed by atoms with van der Waals surface area (Å²) in [5.74, 6) is 1.98. The smallest absolute Gasteiger partial charge is 0.165 e. The molecule has 0 aliphatic carbocycles. The fourth-order valence-electron chi connectivity index (χ4n) is 3.48. The molecule has 2 aromatic heterocycles. The van der Waals surface area contributed by atoms with Gasteiger partial charge in [0.2, 0.25) is 0 Å². The molecule has 0 atom stereocenters. The molecule has 0 saturated heterocycles. The Hall–Kier alpha value is -4.25. The molecule has 0 fully saturated rings. The zero-order chi connectivity index (χ0) is 21.2. The van der Waals surface area contributed by atoms with Gasteiger partial charge in [0.15, 0.2) is 5.65 Å². The van der Waals surface area contributed by atoms with Crippen LogP contribution in [-0.2, 0) is 0 Å². The fraction of sp³-hybridized carbons (Fsp3) is 0.0385. The lowest BCUT2D eigenvalue weighted by Crippen LogP contribution is -1.98. The van der Waals surface area contributed by atoms with E-state index in [0.29, 0.717) is 11.5 Å². The van der Waals surface area contributed by atoms with Crippen LogP contribution in [0.15, 0.2) is 91.3 Å². The first-order chi connectivity index (χ1) is 15.2. The van der Waals surface area contributed by atoms with Gasteiger partial charge in [-0.2, -0.15) is 0 Å². The minimum absolute atomic E-state index is 0.420. The molecule has 2 N–H and O–H groups in total. The second kappa shape index (κ2) is 7.88. The van der Waals surface area contributed by atoms with Crippen molar-refractivity contribution in [3.8, 4) is 33.9 Å². The lowest BCUT2D eigenvalue weighted by Gasteiger charge is -2.13. The van der Waals surface area contributed by atoms with Crippen LogP contribution in [0, 0.1) is 6.92 Å². The number of pyridine rings is 1. The Morgan fingerprint density at radius 3 is 2.16 bits per heavy atom. The van der Waals surface area contributed by atoms with E-state index in [2.05, 4.69) is 41.2 Å². The van der Waals surface area contributed by atoms with Gasteiger partial charge in [-0.3, -0.25) is 0 Å². The Balaban J connectivity index is 1.61. The van der Waals surface area contributed by atoms with Gasteiger partial charge in [0, 0.05) is 11.1 Å². The molecule has 0 unspecified atom stereocenters. The molecule has 0 bridgehead atoms. The van der Waals surface area contributed by atoms with Crippen molar-refractivity contribution in [1.82, 2.24) is 15.0 Å². The highest BCUT2D eigenvalue weighted by molar-refractivity contribution is 5.94. The number of hydrogen-bond acceptors (Lipinski definition) is 5. The highest BCUT2D eigenvalue weighted by Gasteiger charge is 2.14. The number of anilines is 1. The summed E-state index contributed by atoms with van der Waals surface area (Å²) < 4.78 is 5.93. The lowest BCUT2D eigenvalue weighted by atomic mass is 9.97. The Bertz CT molecular complexity index is 1350. The van der Waals surface area contributed by atoms with Gasteiger partial charge in [-0.15, -0.1) is 0 Å². The van der Waals surface area contributed by atoms with E-state index >= 15 is 0 Å². The monoisotopic (exact) mass is 404 g/mol. The van der Waals surface area contributed by atoms with Gasteiger partial charge in [-0.1, -0.05) is 48.0 Å². The van der Waals surface area contributed by atoms with Gasteiger partial charge in [-0.05, 0) is 55.0 Å². The van der Waals surface area contributed by atoms with Crippen molar-refractivity contribution in [1.29, 1.82) is 0 Å². The SMILES string of the molecule is Cc1ccc(-c2cc3c(N)ncnc3nc2-c2ccc(Oc3ccccc3)cc2)cc1. The Kier molecular flexibility index (Phi) is 4.77. The number of nitrogen functional groups attached to an aromatic ring is 1. The molecule has 0 aliphatic heterocycles. The summed E-state index contributed by atoms with van der Waals surface area (Å²) in [6, 6.07) is 28.0. The third kappa shape index (κ3) is 3.81. The summed E-state index contributed by atoms with van der Waals surface area (Å²) in [5.41, 5.74) is 11.7. The van der Waals surface area contributed by atoms with Crippen molar-refractivity contribution in [3.05, 3.63) is 96.8 Å². The number of ether oxygens (including phenoxy) is 1. The van der Waals surface area contributed by atoms with E-state index in [1.807, 2.05) is 60.7 Å². The van der Waals surface area contributed by atoms with E-state index in [4.69, 9.17) is 15.5 Å². The average Bonchev–Trinajstić information content (AvgIpc) is 2.80. The third-order valence-electron chi connectivity index (χ3n) is 5.12. The average molecular weight is 404 g/mol.